The molecule has 0 aliphatic rings. The van der Waals surface area contributed by atoms with Crippen LogP contribution in [-0.2, 0) is 4.79 Å². The van der Waals surface area contributed by atoms with Crippen molar-refractivity contribution in [2.45, 2.75) is 39.2 Å². The number of H-pyrrole nitrogens is 1. The van der Waals surface area contributed by atoms with Crippen LogP contribution in [0.25, 0.3) is 10.9 Å². The maximum absolute atomic E-state index is 12.7. The number of hydrogen-bond donors (Lipinski definition) is 2. The second-order valence-electron chi connectivity index (χ2n) is 7.20. The van der Waals surface area contributed by atoms with Crippen molar-refractivity contribution in [2.24, 2.45) is 5.92 Å². The van der Waals surface area contributed by atoms with Gasteiger partial charge in [0.1, 0.15) is 0 Å². The van der Waals surface area contributed by atoms with Crippen LogP contribution in [0.4, 0.5) is 0 Å². The van der Waals surface area contributed by atoms with Gasteiger partial charge in [0, 0.05) is 40.5 Å². The molecule has 1 amide bonds. The molecule has 0 aliphatic carbocycles. The molecule has 0 saturated carbocycles. The molecular weight excluding hydrogens is 344 g/mol. The van der Waals surface area contributed by atoms with Crippen molar-refractivity contribution in [3.8, 4) is 0 Å². The van der Waals surface area contributed by atoms with Gasteiger partial charge < -0.3 is 10.3 Å². The Hall–Kier alpha value is -2.26. The second kappa shape index (κ2) is 7.96. The smallest absolute Gasteiger partial charge is 0.221 e. The van der Waals surface area contributed by atoms with Crippen LogP contribution in [0.2, 0.25) is 5.02 Å². The van der Waals surface area contributed by atoms with Crippen molar-refractivity contribution in [3.05, 3.63) is 70.9 Å². The fraction of sp³-hybridized carbons (Fsp3) is 0.318. The summed E-state index contributed by atoms with van der Waals surface area (Å²) in [6.45, 7) is 6.27. The Morgan fingerprint density at radius 1 is 1.08 bits per heavy atom. The molecule has 3 aromatic rings. The molecule has 0 saturated heterocycles. The zero-order valence-corrected chi connectivity index (χ0v) is 16.2. The lowest BCUT2D eigenvalue weighted by atomic mass is 9.88. The third kappa shape index (κ3) is 4.10. The number of amides is 1. The van der Waals surface area contributed by atoms with E-state index in [0.717, 1.165) is 22.0 Å². The average Bonchev–Trinajstić information content (AvgIpc) is 3.04. The number of aromatic nitrogens is 1. The van der Waals surface area contributed by atoms with E-state index in [9.17, 15) is 4.79 Å². The largest absolute Gasteiger partial charge is 0.361 e. The van der Waals surface area contributed by atoms with Crippen LogP contribution >= 0.6 is 11.6 Å². The number of carbonyl (C=O) groups excluding carboxylic acids is 1. The lowest BCUT2D eigenvalue weighted by Crippen LogP contribution is -2.36. The van der Waals surface area contributed by atoms with E-state index < -0.39 is 0 Å². The quantitative estimate of drug-likeness (QED) is 0.592. The number of halogens is 1. The van der Waals surface area contributed by atoms with Crippen LogP contribution in [-0.4, -0.2) is 16.9 Å². The van der Waals surface area contributed by atoms with Crippen molar-refractivity contribution in [1.29, 1.82) is 0 Å². The van der Waals surface area contributed by atoms with Crippen molar-refractivity contribution >= 4 is 28.4 Å². The molecule has 0 spiro atoms. The molecule has 2 N–H and O–H groups in total. The van der Waals surface area contributed by atoms with Crippen LogP contribution in [0.5, 0.6) is 0 Å². The molecule has 136 valence electrons. The predicted molar refractivity (Wildman–Crippen MR) is 109 cm³/mol. The minimum absolute atomic E-state index is 0.0252. The van der Waals surface area contributed by atoms with E-state index in [1.54, 1.807) is 0 Å². The SMILES string of the molecule is CC(C)C(C)NC(=O)CC(c1ccc(Cl)cc1)c1c[nH]c2ccccc12. The normalized spacial score (nSPS) is 13.7. The van der Waals surface area contributed by atoms with Crippen LogP contribution in [0, 0.1) is 5.92 Å². The van der Waals surface area contributed by atoms with E-state index >= 15 is 0 Å². The van der Waals surface area contributed by atoms with Crippen molar-refractivity contribution in [3.63, 3.8) is 0 Å². The maximum atomic E-state index is 12.7. The first-order chi connectivity index (χ1) is 12.5. The third-order valence-corrected chi connectivity index (χ3v) is 5.30. The molecule has 2 unspecified atom stereocenters. The molecule has 3 nitrogen and oxygen atoms in total. The van der Waals surface area contributed by atoms with Gasteiger partial charge in [0.15, 0.2) is 0 Å². The van der Waals surface area contributed by atoms with E-state index in [1.165, 1.54) is 0 Å². The molecule has 26 heavy (non-hydrogen) atoms. The molecule has 4 heteroatoms. The van der Waals surface area contributed by atoms with Crippen LogP contribution in [0.15, 0.2) is 54.7 Å². The Balaban J connectivity index is 1.94. The standard InChI is InChI=1S/C22H25ClN2O/c1-14(2)15(3)25-22(26)12-19(16-8-10-17(23)11-9-16)20-13-24-21-7-5-4-6-18(20)21/h4-11,13-15,19,24H,12H2,1-3H3,(H,25,26). The number of aromatic amines is 1. The summed E-state index contributed by atoms with van der Waals surface area (Å²) in [5, 5.41) is 4.97. The van der Waals surface area contributed by atoms with E-state index in [4.69, 9.17) is 11.6 Å². The van der Waals surface area contributed by atoms with Gasteiger partial charge in [-0.2, -0.15) is 0 Å². The monoisotopic (exact) mass is 368 g/mol. The molecule has 3 rings (SSSR count). The number of nitrogens with one attached hydrogen (secondary N) is 2. The minimum Gasteiger partial charge on any atom is -0.361 e. The zero-order chi connectivity index (χ0) is 18.7. The highest BCUT2D eigenvalue weighted by atomic mass is 35.5. The minimum atomic E-state index is -0.0252. The third-order valence-electron chi connectivity index (χ3n) is 5.05. The summed E-state index contributed by atoms with van der Waals surface area (Å²) in [5.74, 6) is 0.445. The highest BCUT2D eigenvalue weighted by molar-refractivity contribution is 6.30. The fourth-order valence-electron chi connectivity index (χ4n) is 3.15. The Morgan fingerprint density at radius 3 is 2.46 bits per heavy atom. The van der Waals surface area contributed by atoms with Gasteiger partial charge in [-0.25, -0.2) is 0 Å². The molecule has 0 bridgehead atoms. The van der Waals surface area contributed by atoms with Crippen molar-refractivity contribution in [1.82, 2.24) is 10.3 Å². The van der Waals surface area contributed by atoms with Gasteiger partial charge in [0.2, 0.25) is 5.91 Å². The van der Waals surface area contributed by atoms with E-state index in [1.807, 2.05) is 49.5 Å². The number of carbonyl (C=O) groups is 1. The van der Waals surface area contributed by atoms with Crippen molar-refractivity contribution in [2.75, 3.05) is 0 Å². The average molecular weight is 369 g/mol. The van der Waals surface area contributed by atoms with Gasteiger partial charge in [0.05, 0.1) is 0 Å². The summed E-state index contributed by atoms with van der Waals surface area (Å²) in [4.78, 5) is 16.0. The molecule has 1 aromatic heterocycles. The highest BCUT2D eigenvalue weighted by Crippen LogP contribution is 2.34. The summed E-state index contributed by atoms with van der Waals surface area (Å²) in [5.41, 5.74) is 3.30. The molecular formula is C22H25ClN2O. The Morgan fingerprint density at radius 2 is 1.77 bits per heavy atom. The number of para-hydroxylation sites is 1. The molecule has 0 radical (unpaired) electrons. The molecule has 0 aliphatic heterocycles. The zero-order valence-electron chi connectivity index (χ0n) is 15.4. The van der Waals surface area contributed by atoms with E-state index in [-0.39, 0.29) is 17.9 Å². The van der Waals surface area contributed by atoms with E-state index in [0.29, 0.717) is 17.4 Å². The fourth-order valence-corrected chi connectivity index (χ4v) is 3.28. The number of benzene rings is 2. The van der Waals surface area contributed by atoms with Gasteiger partial charge in [-0.1, -0.05) is 55.8 Å². The maximum Gasteiger partial charge on any atom is 0.221 e. The van der Waals surface area contributed by atoms with Gasteiger partial charge in [-0.15, -0.1) is 0 Å². The van der Waals surface area contributed by atoms with Crippen molar-refractivity contribution < 1.29 is 4.79 Å². The summed E-state index contributed by atoms with van der Waals surface area (Å²) in [6.07, 6.45) is 2.42. The number of fused-ring (bicyclic) bond motifs is 1. The molecule has 1 heterocycles. The van der Waals surface area contributed by atoms with Gasteiger partial charge in [-0.3, -0.25) is 4.79 Å². The Kier molecular flexibility index (Phi) is 5.67. The summed E-state index contributed by atoms with van der Waals surface area (Å²) < 4.78 is 0. The second-order valence-corrected chi connectivity index (χ2v) is 7.63. The first-order valence-electron chi connectivity index (χ1n) is 9.06. The van der Waals surface area contributed by atoms with Crippen LogP contribution in [0.3, 0.4) is 0 Å². The lowest BCUT2D eigenvalue weighted by Gasteiger charge is -2.21. The molecule has 2 aromatic carbocycles. The first kappa shape index (κ1) is 18.5. The van der Waals surface area contributed by atoms with E-state index in [2.05, 4.69) is 36.3 Å². The van der Waals surface area contributed by atoms with Gasteiger partial charge in [0.25, 0.3) is 0 Å². The van der Waals surface area contributed by atoms with Crippen LogP contribution in [0.1, 0.15) is 44.2 Å². The highest BCUT2D eigenvalue weighted by Gasteiger charge is 2.22. The predicted octanol–water partition coefficient (Wildman–Crippen LogP) is 5.50. The Labute approximate surface area is 159 Å². The first-order valence-corrected chi connectivity index (χ1v) is 9.44. The Bertz CT molecular complexity index is 883. The van der Waals surface area contributed by atoms with Gasteiger partial charge >= 0.3 is 0 Å². The lowest BCUT2D eigenvalue weighted by molar-refractivity contribution is -0.122. The summed E-state index contributed by atoms with van der Waals surface area (Å²) >= 11 is 6.06. The summed E-state index contributed by atoms with van der Waals surface area (Å²) in [7, 11) is 0. The molecule has 0 fully saturated rings. The number of hydrogen-bond acceptors (Lipinski definition) is 1. The topological polar surface area (TPSA) is 44.9 Å². The molecule has 2 atom stereocenters. The van der Waals surface area contributed by atoms with Crippen LogP contribution < -0.4 is 5.32 Å². The number of rotatable bonds is 6. The van der Waals surface area contributed by atoms with Gasteiger partial charge in [-0.05, 0) is 42.2 Å². The summed E-state index contributed by atoms with van der Waals surface area (Å²) in [6, 6.07) is 16.1.